The fourth-order valence-corrected chi connectivity index (χ4v) is 2.82. The van der Waals surface area contributed by atoms with E-state index in [1.54, 1.807) is 41.5 Å². The molecular weight excluding hydrogens is 368 g/mol. The number of rotatable bonds is 6. The maximum absolute atomic E-state index is 11.1. The summed E-state index contributed by atoms with van der Waals surface area (Å²) in [7, 11) is 0. The van der Waals surface area contributed by atoms with Crippen LogP contribution in [0.1, 0.15) is 5.56 Å². The average molecular weight is 384 g/mol. The Kier molecular flexibility index (Phi) is 5.06. The van der Waals surface area contributed by atoms with Gasteiger partial charge in [0.05, 0.1) is 16.8 Å². The lowest BCUT2D eigenvalue weighted by atomic mass is 10.1. The summed E-state index contributed by atoms with van der Waals surface area (Å²) in [5, 5.41) is 20.0. The molecule has 0 saturated carbocycles. The number of hydrogen-bond acceptors (Lipinski definition) is 6. The van der Waals surface area contributed by atoms with E-state index in [9.17, 15) is 10.1 Å². The van der Waals surface area contributed by atoms with Gasteiger partial charge in [0.15, 0.2) is 0 Å². The molecule has 0 unspecified atom stereocenters. The van der Waals surface area contributed by atoms with Crippen LogP contribution >= 0.6 is 0 Å². The lowest BCUT2D eigenvalue weighted by molar-refractivity contribution is -0.384. The second kappa shape index (κ2) is 8.13. The van der Waals surface area contributed by atoms with Gasteiger partial charge < -0.3 is 0 Å². The SMILES string of the molecule is O=[N+]([O-])c1ccccc1NN=Cc1cn(-c2ccccc2)nc1-c1cccnc1. The van der Waals surface area contributed by atoms with Gasteiger partial charge in [-0.25, -0.2) is 4.68 Å². The largest absolute Gasteiger partial charge is 0.294 e. The lowest BCUT2D eigenvalue weighted by Gasteiger charge is -2.01. The van der Waals surface area contributed by atoms with Gasteiger partial charge in [-0.1, -0.05) is 30.3 Å². The van der Waals surface area contributed by atoms with Crippen LogP contribution in [0.4, 0.5) is 11.4 Å². The van der Waals surface area contributed by atoms with E-state index in [0.29, 0.717) is 11.4 Å². The molecule has 0 fully saturated rings. The third-order valence-electron chi connectivity index (χ3n) is 4.19. The van der Waals surface area contributed by atoms with E-state index in [4.69, 9.17) is 0 Å². The van der Waals surface area contributed by atoms with Crippen LogP contribution in [0, 0.1) is 10.1 Å². The van der Waals surface area contributed by atoms with E-state index < -0.39 is 4.92 Å². The van der Waals surface area contributed by atoms with Gasteiger partial charge in [-0.3, -0.25) is 20.5 Å². The summed E-state index contributed by atoms with van der Waals surface area (Å²) < 4.78 is 1.76. The molecule has 0 radical (unpaired) electrons. The van der Waals surface area contributed by atoms with Gasteiger partial charge in [-0.15, -0.1) is 0 Å². The maximum atomic E-state index is 11.1. The molecule has 8 heteroatoms. The third kappa shape index (κ3) is 4.01. The Morgan fingerprint density at radius 1 is 1.03 bits per heavy atom. The first-order valence-electron chi connectivity index (χ1n) is 8.80. The van der Waals surface area contributed by atoms with Gasteiger partial charge >= 0.3 is 0 Å². The van der Waals surface area contributed by atoms with Crippen molar-refractivity contribution in [2.45, 2.75) is 0 Å². The minimum Gasteiger partial charge on any atom is -0.272 e. The van der Waals surface area contributed by atoms with Crippen LogP contribution in [0.25, 0.3) is 16.9 Å². The van der Waals surface area contributed by atoms with Crippen molar-refractivity contribution in [3.63, 3.8) is 0 Å². The second-order valence-electron chi connectivity index (χ2n) is 6.10. The first kappa shape index (κ1) is 18.1. The lowest BCUT2D eigenvalue weighted by Crippen LogP contribution is -1.96. The van der Waals surface area contributed by atoms with Crippen LogP contribution in [0.5, 0.6) is 0 Å². The second-order valence-corrected chi connectivity index (χ2v) is 6.10. The summed E-state index contributed by atoms with van der Waals surface area (Å²) in [4.78, 5) is 14.9. The number of anilines is 1. The molecule has 142 valence electrons. The molecule has 0 amide bonds. The van der Waals surface area contributed by atoms with Gasteiger partial charge in [0, 0.05) is 35.8 Å². The maximum Gasteiger partial charge on any atom is 0.294 e. The molecule has 0 aliphatic rings. The standard InChI is InChI=1S/C21H16N6O2/c28-27(29)20-11-5-4-10-19(20)24-23-14-17-15-26(18-8-2-1-3-9-18)25-21(17)16-7-6-12-22-13-16/h1-15,24H. The van der Waals surface area contributed by atoms with Gasteiger partial charge in [0.2, 0.25) is 0 Å². The van der Waals surface area contributed by atoms with Crippen LogP contribution in [0.3, 0.4) is 0 Å². The minimum absolute atomic E-state index is 0.0443. The number of benzene rings is 2. The van der Waals surface area contributed by atoms with Crippen LogP contribution in [0.2, 0.25) is 0 Å². The molecule has 2 aromatic carbocycles. The van der Waals surface area contributed by atoms with Crippen LogP contribution in [0.15, 0.2) is 90.4 Å². The highest BCUT2D eigenvalue weighted by Gasteiger charge is 2.13. The number of nitrogens with one attached hydrogen (secondary N) is 1. The van der Waals surface area contributed by atoms with Crippen molar-refractivity contribution >= 4 is 17.6 Å². The average Bonchev–Trinajstić information content (AvgIpc) is 3.19. The molecule has 0 aliphatic heterocycles. The molecule has 4 rings (SSSR count). The molecular formula is C21H16N6O2. The molecule has 2 heterocycles. The number of aromatic nitrogens is 3. The van der Waals surface area contributed by atoms with E-state index in [-0.39, 0.29) is 5.69 Å². The Bertz CT molecular complexity index is 1160. The highest BCUT2D eigenvalue weighted by atomic mass is 16.6. The van der Waals surface area contributed by atoms with Crippen molar-refractivity contribution in [1.82, 2.24) is 14.8 Å². The van der Waals surface area contributed by atoms with Gasteiger partial charge in [-0.2, -0.15) is 10.2 Å². The Morgan fingerprint density at radius 3 is 2.59 bits per heavy atom. The third-order valence-corrected chi connectivity index (χ3v) is 4.19. The summed E-state index contributed by atoms with van der Waals surface area (Å²) >= 11 is 0. The Hall–Kier alpha value is -4.33. The summed E-state index contributed by atoms with van der Waals surface area (Å²) in [5.41, 5.74) is 6.21. The van der Waals surface area contributed by atoms with Crippen molar-refractivity contribution in [2.75, 3.05) is 5.43 Å². The molecule has 0 spiro atoms. The smallest absolute Gasteiger partial charge is 0.272 e. The van der Waals surface area contributed by atoms with Crippen molar-refractivity contribution < 1.29 is 4.92 Å². The number of pyridine rings is 1. The molecule has 8 nitrogen and oxygen atoms in total. The first-order valence-corrected chi connectivity index (χ1v) is 8.80. The molecule has 0 aliphatic carbocycles. The number of hydrazone groups is 1. The zero-order valence-electron chi connectivity index (χ0n) is 15.2. The molecule has 0 saturated heterocycles. The zero-order chi connectivity index (χ0) is 20.1. The number of nitro benzene ring substituents is 1. The zero-order valence-corrected chi connectivity index (χ0v) is 15.2. The monoisotopic (exact) mass is 384 g/mol. The molecule has 2 aromatic heterocycles. The van der Waals surface area contributed by atoms with Gasteiger partial charge in [-0.05, 0) is 30.3 Å². The quantitative estimate of drug-likeness (QED) is 0.304. The van der Waals surface area contributed by atoms with Crippen molar-refractivity contribution in [3.8, 4) is 16.9 Å². The number of nitro groups is 1. The molecule has 0 atom stereocenters. The fourth-order valence-electron chi connectivity index (χ4n) is 2.82. The Balaban J connectivity index is 1.68. The van der Waals surface area contributed by atoms with Crippen molar-refractivity contribution in [3.05, 3.63) is 101 Å². The van der Waals surface area contributed by atoms with Gasteiger partial charge in [0.1, 0.15) is 11.4 Å². The Morgan fingerprint density at radius 2 is 1.83 bits per heavy atom. The van der Waals surface area contributed by atoms with Crippen LogP contribution < -0.4 is 5.43 Å². The van der Waals surface area contributed by atoms with E-state index in [0.717, 1.165) is 16.8 Å². The molecule has 4 aromatic rings. The van der Waals surface area contributed by atoms with E-state index in [2.05, 4.69) is 20.6 Å². The normalized spacial score (nSPS) is 10.9. The van der Waals surface area contributed by atoms with Gasteiger partial charge in [0.25, 0.3) is 5.69 Å². The summed E-state index contributed by atoms with van der Waals surface area (Å²) in [6.45, 7) is 0. The minimum atomic E-state index is -0.452. The number of nitrogens with zero attached hydrogens (tertiary/aromatic N) is 5. The predicted molar refractivity (Wildman–Crippen MR) is 111 cm³/mol. The number of hydrogen-bond donors (Lipinski definition) is 1. The summed E-state index contributed by atoms with van der Waals surface area (Å²) in [6.07, 6.45) is 6.86. The molecule has 0 bridgehead atoms. The van der Waals surface area contributed by atoms with Crippen LogP contribution in [-0.2, 0) is 0 Å². The van der Waals surface area contributed by atoms with Crippen LogP contribution in [-0.4, -0.2) is 25.9 Å². The van der Waals surface area contributed by atoms with Crippen molar-refractivity contribution in [2.24, 2.45) is 5.10 Å². The first-order chi connectivity index (χ1) is 14.2. The summed E-state index contributed by atoms with van der Waals surface area (Å²) in [5.74, 6) is 0. The Labute approximate surface area is 166 Å². The molecule has 29 heavy (non-hydrogen) atoms. The topological polar surface area (TPSA) is 98.2 Å². The van der Waals surface area contributed by atoms with E-state index in [1.807, 2.05) is 48.7 Å². The molecule has 1 N–H and O–H groups in total. The highest BCUT2D eigenvalue weighted by molar-refractivity contribution is 5.89. The number of para-hydroxylation sites is 3. The van der Waals surface area contributed by atoms with E-state index in [1.165, 1.54) is 6.07 Å². The summed E-state index contributed by atoms with van der Waals surface area (Å²) in [6, 6.07) is 19.8. The van der Waals surface area contributed by atoms with E-state index >= 15 is 0 Å². The van der Waals surface area contributed by atoms with Crippen molar-refractivity contribution in [1.29, 1.82) is 0 Å². The predicted octanol–water partition coefficient (Wildman–Crippen LogP) is 4.29. The fraction of sp³-hybridized carbons (Fsp3) is 0. The highest BCUT2D eigenvalue weighted by Crippen LogP contribution is 2.24.